The fourth-order valence-corrected chi connectivity index (χ4v) is 13.0. The lowest BCUT2D eigenvalue weighted by Crippen LogP contribution is -2.70. The van der Waals surface area contributed by atoms with E-state index in [9.17, 15) is 24.3 Å². The van der Waals surface area contributed by atoms with Crippen molar-refractivity contribution in [1.29, 1.82) is 0 Å². The van der Waals surface area contributed by atoms with Crippen LogP contribution in [0.2, 0.25) is 0 Å². The summed E-state index contributed by atoms with van der Waals surface area (Å²) in [4.78, 5) is 51.9. The van der Waals surface area contributed by atoms with Crippen LogP contribution in [0.15, 0.2) is 11.6 Å². The van der Waals surface area contributed by atoms with Crippen molar-refractivity contribution in [1.82, 2.24) is 5.32 Å². The summed E-state index contributed by atoms with van der Waals surface area (Å²) in [7, 11) is 0. The van der Waals surface area contributed by atoms with Crippen LogP contribution < -0.4 is 11.1 Å². The molecule has 10 heteroatoms. The highest BCUT2D eigenvalue weighted by Gasteiger charge is 2.72. The van der Waals surface area contributed by atoms with Gasteiger partial charge in [0.15, 0.2) is 0 Å². The number of aliphatic carboxylic acids is 1. The zero-order valence-electron chi connectivity index (χ0n) is 33.8. The Morgan fingerprint density at radius 2 is 1.70 bits per heavy atom. The van der Waals surface area contributed by atoms with E-state index in [1.54, 1.807) is 0 Å². The third kappa shape index (κ3) is 6.47. The SMILES string of the molecule is CC(=O)O[C@@H]1C[C@@]23COC[C@](C)([C@@H]2CC[C@H]2C3=CC[C@@]3(C)[C@H](C(=O)O)[C@@](C)([C@H](C)C(C)C)CC[C@]23C)[C@H]1OC(=O)C(N)CCCCNC(=O)C1CCC1. The van der Waals surface area contributed by atoms with E-state index in [2.05, 4.69) is 59.9 Å². The maximum Gasteiger partial charge on any atom is 0.323 e. The van der Waals surface area contributed by atoms with Crippen molar-refractivity contribution in [3.63, 3.8) is 0 Å². The van der Waals surface area contributed by atoms with Crippen molar-refractivity contribution < 1.29 is 38.5 Å². The number of nitrogens with two attached hydrogens (primary N) is 1. The molecule has 6 rings (SSSR count). The van der Waals surface area contributed by atoms with Gasteiger partial charge in [-0.05, 0) is 111 Å². The average molecular weight is 741 g/mol. The van der Waals surface area contributed by atoms with Crippen molar-refractivity contribution in [2.45, 2.75) is 151 Å². The molecule has 6 aliphatic rings. The van der Waals surface area contributed by atoms with Crippen LogP contribution in [-0.2, 0) is 33.4 Å². The van der Waals surface area contributed by atoms with Crippen molar-refractivity contribution in [2.24, 2.45) is 68.3 Å². The molecule has 53 heavy (non-hydrogen) atoms. The van der Waals surface area contributed by atoms with E-state index in [0.29, 0.717) is 51.4 Å². The van der Waals surface area contributed by atoms with Gasteiger partial charge >= 0.3 is 17.9 Å². The van der Waals surface area contributed by atoms with Crippen molar-refractivity contribution in [2.75, 3.05) is 19.8 Å². The molecule has 0 spiro atoms. The summed E-state index contributed by atoms with van der Waals surface area (Å²) in [5.41, 5.74) is 5.72. The maximum absolute atomic E-state index is 13.6. The van der Waals surface area contributed by atoms with Crippen molar-refractivity contribution >= 4 is 23.8 Å². The highest BCUT2D eigenvalue weighted by atomic mass is 16.6. The topological polar surface area (TPSA) is 154 Å². The minimum absolute atomic E-state index is 0.122. The summed E-state index contributed by atoms with van der Waals surface area (Å²) in [5.74, 6) is -0.866. The molecule has 0 radical (unpaired) electrons. The Balaban J connectivity index is 1.24. The quantitative estimate of drug-likeness (QED) is 0.111. The molecule has 0 aromatic carbocycles. The Hall–Kier alpha value is -2.46. The summed E-state index contributed by atoms with van der Waals surface area (Å²) >= 11 is 0. The molecule has 1 unspecified atom stereocenters. The second-order valence-electron chi connectivity index (χ2n) is 19.6. The van der Waals surface area contributed by atoms with E-state index in [4.69, 9.17) is 19.9 Å². The second-order valence-corrected chi connectivity index (χ2v) is 19.6. The Morgan fingerprint density at radius 3 is 2.32 bits per heavy atom. The second kappa shape index (κ2) is 14.6. The van der Waals surface area contributed by atoms with Gasteiger partial charge in [-0.2, -0.15) is 0 Å². The number of rotatable bonds is 12. The van der Waals surface area contributed by atoms with Crippen LogP contribution in [0.1, 0.15) is 132 Å². The molecule has 1 amide bonds. The first-order chi connectivity index (χ1) is 24.9. The van der Waals surface area contributed by atoms with E-state index in [1.807, 2.05) is 0 Å². The van der Waals surface area contributed by atoms with Crippen molar-refractivity contribution in [3.05, 3.63) is 11.6 Å². The lowest BCUT2D eigenvalue weighted by Gasteiger charge is -2.71. The number of fused-ring (bicyclic) bond motifs is 3. The molecule has 2 bridgehead atoms. The number of esters is 2. The number of nitrogens with one attached hydrogen (secondary N) is 1. The molecule has 1 aliphatic heterocycles. The molecule has 0 aromatic rings. The fraction of sp³-hybridized carbons (Fsp3) is 0.860. The Labute approximate surface area is 317 Å². The normalized spacial score (nSPS) is 41.7. The van der Waals surface area contributed by atoms with Gasteiger partial charge in [-0.3, -0.25) is 19.2 Å². The van der Waals surface area contributed by atoms with E-state index in [-0.39, 0.29) is 40.4 Å². The molecular weight excluding hydrogens is 672 g/mol. The number of hydrogen-bond donors (Lipinski definition) is 3. The van der Waals surface area contributed by atoms with Gasteiger partial charge in [-0.1, -0.05) is 66.5 Å². The van der Waals surface area contributed by atoms with Gasteiger partial charge in [0.1, 0.15) is 18.2 Å². The third-order valence-electron chi connectivity index (χ3n) is 16.7. The zero-order valence-corrected chi connectivity index (χ0v) is 33.8. The smallest absolute Gasteiger partial charge is 0.323 e. The van der Waals surface area contributed by atoms with Gasteiger partial charge in [-0.25, -0.2) is 0 Å². The number of carboxylic acid groups (broad SMARTS) is 1. The lowest BCUT2D eigenvalue weighted by atomic mass is 9.34. The molecule has 10 nitrogen and oxygen atoms in total. The molecule has 4 saturated carbocycles. The molecule has 298 valence electrons. The number of carbonyl (C=O) groups is 4. The standard InChI is InChI=1S/C43H68N2O8/c1-25(2)26(3)39(5)19-20-41(7)29-15-16-33-40(6)23-51-24-43(33,30(29)17-18-42(41,8)34(39)37(48)49)22-32(52-27(4)46)35(40)53-38(50)31(44)14-9-10-21-45-36(47)28-12-11-13-28/h17,25-26,28-29,31-35H,9-16,18-24,44H2,1-8H3,(H,45,47)(H,48,49)/t26-,29+,31?,32-,33+,34-,35+,39-,40-,41-,42+,43+/m1/s1. The van der Waals surface area contributed by atoms with Crippen LogP contribution in [-0.4, -0.2) is 66.9 Å². The van der Waals surface area contributed by atoms with Crippen molar-refractivity contribution in [3.8, 4) is 0 Å². The van der Waals surface area contributed by atoms with E-state index >= 15 is 0 Å². The summed E-state index contributed by atoms with van der Waals surface area (Å²) in [5, 5.41) is 14.0. The van der Waals surface area contributed by atoms with Gasteiger partial charge in [0.2, 0.25) is 5.91 Å². The van der Waals surface area contributed by atoms with Crippen LogP contribution in [0.3, 0.4) is 0 Å². The van der Waals surface area contributed by atoms with Gasteiger partial charge in [0.05, 0.1) is 19.1 Å². The van der Waals surface area contributed by atoms with Crippen LogP contribution >= 0.6 is 0 Å². The van der Waals surface area contributed by atoms with E-state index < -0.39 is 58.3 Å². The van der Waals surface area contributed by atoms with Crippen LogP contribution in [0.25, 0.3) is 0 Å². The minimum atomic E-state index is -0.831. The molecule has 12 atom stereocenters. The highest BCUT2D eigenvalue weighted by Crippen LogP contribution is 2.75. The average Bonchev–Trinajstić information content (AvgIpc) is 3.05. The fourth-order valence-electron chi connectivity index (χ4n) is 13.0. The molecule has 1 heterocycles. The van der Waals surface area contributed by atoms with Gasteiger partial charge in [-0.15, -0.1) is 0 Å². The number of amides is 1. The highest BCUT2D eigenvalue weighted by molar-refractivity contribution is 5.79. The molecule has 5 aliphatic carbocycles. The Morgan fingerprint density at radius 1 is 0.981 bits per heavy atom. The monoisotopic (exact) mass is 740 g/mol. The summed E-state index contributed by atoms with van der Waals surface area (Å²) in [6.45, 7) is 18.5. The summed E-state index contributed by atoms with van der Waals surface area (Å²) in [6.07, 6.45) is 10.7. The largest absolute Gasteiger partial charge is 0.481 e. The van der Waals surface area contributed by atoms with Crippen LogP contribution in [0, 0.1) is 62.6 Å². The number of carbonyl (C=O) groups excluding carboxylic acids is 3. The molecule has 0 aromatic heterocycles. The number of ether oxygens (including phenoxy) is 3. The Kier molecular flexibility index (Phi) is 11.0. The zero-order chi connectivity index (χ0) is 38.7. The first kappa shape index (κ1) is 40.2. The predicted molar refractivity (Wildman–Crippen MR) is 201 cm³/mol. The summed E-state index contributed by atoms with van der Waals surface area (Å²) < 4.78 is 19.0. The third-order valence-corrected chi connectivity index (χ3v) is 16.7. The number of unbranched alkanes of at least 4 members (excludes halogenated alkanes) is 1. The molecule has 1 saturated heterocycles. The minimum Gasteiger partial charge on any atom is -0.481 e. The van der Waals surface area contributed by atoms with E-state index in [0.717, 1.165) is 51.4 Å². The van der Waals surface area contributed by atoms with Gasteiger partial charge in [0, 0.05) is 30.2 Å². The number of allylic oxidation sites excluding steroid dienone is 1. The van der Waals surface area contributed by atoms with Gasteiger partial charge < -0.3 is 30.4 Å². The number of hydrogen-bond acceptors (Lipinski definition) is 8. The molecular formula is C43H68N2O8. The van der Waals surface area contributed by atoms with Crippen LogP contribution in [0.4, 0.5) is 0 Å². The Bertz CT molecular complexity index is 1480. The van der Waals surface area contributed by atoms with Crippen LogP contribution in [0.5, 0.6) is 0 Å². The first-order valence-corrected chi connectivity index (χ1v) is 20.8. The number of carboxylic acids is 1. The summed E-state index contributed by atoms with van der Waals surface area (Å²) in [6, 6.07) is -0.831. The maximum atomic E-state index is 13.6. The molecule has 4 N–H and O–H groups in total. The molecule has 5 fully saturated rings. The first-order valence-electron chi connectivity index (χ1n) is 20.8. The predicted octanol–water partition coefficient (Wildman–Crippen LogP) is 6.83. The lowest BCUT2D eigenvalue weighted by molar-refractivity contribution is -0.263. The van der Waals surface area contributed by atoms with E-state index in [1.165, 1.54) is 12.5 Å². The van der Waals surface area contributed by atoms with Gasteiger partial charge in [0.25, 0.3) is 0 Å².